The van der Waals surface area contributed by atoms with E-state index in [1.54, 1.807) is 13.1 Å². The topological polar surface area (TPSA) is 93.6 Å². The molecule has 0 radical (unpaired) electrons. The number of nitrogens with zero attached hydrogens (tertiary/aromatic N) is 3. The van der Waals surface area contributed by atoms with Gasteiger partial charge in [-0.3, -0.25) is 0 Å². The Bertz CT molecular complexity index is 829. The molecular weight excluding hydrogens is 300 g/mol. The van der Waals surface area contributed by atoms with Crippen LogP contribution in [0.5, 0.6) is 0 Å². The van der Waals surface area contributed by atoms with Crippen LogP contribution in [0.2, 0.25) is 0 Å². The van der Waals surface area contributed by atoms with Gasteiger partial charge in [-0.05, 0) is 13.0 Å². The number of fused-ring (bicyclic) bond motifs is 3. The van der Waals surface area contributed by atoms with Crippen LogP contribution in [0.1, 0.15) is 18.4 Å². The molecule has 22 heavy (non-hydrogen) atoms. The lowest BCUT2D eigenvalue weighted by Crippen LogP contribution is -1.99. The molecule has 114 valence electrons. The lowest BCUT2D eigenvalue weighted by Gasteiger charge is -1.99. The predicted molar refractivity (Wildman–Crippen MR) is 88.9 cm³/mol. The fourth-order valence-electron chi connectivity index (χ4n) is 2.07. The molecule has 0 saturated carbocycles. The van der Waals surface area contributed by atoms with Crippen molar-refractivity contribution in [2.45, 2.75) is 26.1 Å². The van der Waals surface area contributed by atoms with E-state index >= 15 is 0 Å². The fraction of sp³-hybridized carbons (Fsp3) is 0.267. The second-order valence-electron chi connectivity index (χ2n) is 4.95. The summed E-state index contributed by atoms with van der Waals surface area (Å²) in [5, 5.41) is 14.7. The van der Waals surface area contributed by atoms with Gasteiger partial charge in [0.15, 0.2) is 12.4 Å². The molecule has 7 heteroatoms. The Balaban J connectivity index is 1.85. The van der Waals surface area contributed by atoms with E-state index < -0.39 is 6.10 Å². The van der Waals surface area contributed by atoms with Crippen LogP contribution < -0.4 is 5.73 Å². The Hall–Kier alpha value is -2.25. The van der Waals surface area contributed by atoms with Crippen LogP contribution in [-0.4, -0.2) is 27.4 Å². The predicted octanol–water partition coefficient (Wildman–Crippen LogP) is 2.70. The largest absolute Gasteiger partial charge is 0.393 e. The summed E-state index contributed by atoms with van der Waals surface area (Å²) < 4.78 is 1.01. The quantitative estimate of drug-likeness (QED) is 0.557. The monoisotopic (exact) mass is 316 g/mol. The number of aliphatic hydroxyl groups excluding tert-OH is 1. The third-order valence-corrected chi connectivity index (χ3v) is 4.15. The third-order valence-electron chi connectivity index (χ3n) is 3.09. The molecule has 1 unspecified atom stereocenters. The first-order chi connectivity index (χ1) is 10.6. The summed E-state index contributed by atoms with van der Waals surface area (Å²) in [6.45, 7) is 1.96. The van der Waals surface area contributed by atoms with Crippen molar-refractivity contribution < 1.29 is 9.94 Å². The summed E-state index contributed by atoms with van der Waals surface area (Å²) in [5.41, 5.74) is 7.54. The highest BCUT2D eigenvalue weighted by Gasteiger charge is 2.12. The van der Waals surface area contributed by atoms with Gasteiger partial charge in [-0.2, -0.15) is 0 Å². The average molecular weight is 316 g/mol. The van der Waals surface area contributed by atoms with Crippen LogP contribution in [-0.2, 0) is 11.4 Å². The highest BCUT2D eigenvalue weighted by atomic mass is 32.1. The van der Waals surface area contributed by atoms with E-state index in [2.05, 4.69) is 15.1 Å². The van der Waals surface area contributed by atoms with Gasteiger partial charge in [0.2, 0.25) is 0 Å². The minimum Gasteiger partial charge on any atom is -0.393 e. The molecule has 6 nitrogen and oxygen atoms in total. The number of hydrogen-bond acceptors (Lipinski definition) is 7. The van der Waals surface area contributed by atoms with Gasteiger partial charge >= 0.3 is 0 Å². The number of para-hydroxylation sites is 1. The minimum absolute atomic E-state index is 0.267. The summed E-state index contributed by atoms with van der Waals surface area (Å²) in [4.78, 5) is 14.0. The second kappa shape index (κ2) is 6.25. The van der Waals surface area contributed by atoms with E-state index in [4.69, 9.17) is 15.7 Å². The van der Waals surface area contributed by atoms with Gasteiger partial charge in [-0.25, -0.2) is 9.97 Å². The second-order valence-corrected chi connectivity index (χ2v) is 6.03. The Labute approximate surface area is 131 Å². The number of aromatic nitrogens is 2. The standard InChI is InChI=1S/C15H16N4O2S/c1-9(20)6-7-17-21-8-12-19-13-14(22-12)10-4-2-3-5-11(10)18-15(13)16/h2-5,7,9,20H,6,8H2,1H3,(H2,16,18)/b17-7+. The number of pyridine rings is 1. The lowest BCUT2D eigenvalue weighted by molar-refractivity contribution is 0.129. The maximum atomic E-state index is 9.12. The van der Waals surface area contributed by atoms with Crippen molar-refractivity contribution in [3.05, 3.63) is 29.3 Å². The molecule has 0 spiro atoms. The van der Waals surface area contributed by atoms with Crippen molar-refractivity contribution in [1.29, 1.82) is 0 Å². The minimum atomic E-state index is -0.424. The van der Waals surface area contributed by atoms with Crippen molar-refractivity contribution in [2.75, 3.05) is 5.73 Å². The number of benzene rings is 1. The number of nitrogen functional groups attached to an aromatic ring is 1. The van der Waals surface area contributed by atoms with Gasteiger partial charge in [0.25, 0.3) is 0 Å². The third kappa shape index (κ3) is 3.00. The zero-order valence-electron chi connectivity index (χ0n) is 12.1. The molecule has 0 aliphatic heterocycles. The van der Waals surface area contributed by atoms with Crippen LogP contribution in [0.3, 0.4) is 0 Å². The van der Waals surface area contributed by atoms with E-state index in [-0.39, 0.29) is 6.61 Å². The van der Waals surface area contributed by atoms with Crippen LogP contribution in [0.15, 0.2) is 29.4 Å². The molecular formula is C15H16N4O2S. The SMILES string of the molecule is CC(O)C/C=N/OCc1nc2c(N)nc3ccccc3c2s1. The molecule has 2 heterocycles. The van der Waals surface area contributed by atoms with Crippen LogP contribution >= 0.6 is 11.3 Å². The highest BCUT2D eigenvalue weighted by Crippen LogP contribution is 2.32. The molecule has 0 fully saturated rings. The lowest BCUT2D eigenvalue weighted by atomic mass is 10.2. The number of nitrogens with two attached hydrogens (primary N) is 1. The van der Waals surface area contributed by atoms with Crippen LogP contribution in [0.4, 0.5) is 5.82 Å². The molecule has 3 N–H and O–H groups in total. The summed E-state index contributed by atoms with van der Waals surface area (Å²) in [7, 11) is 0. The average Bonchev–Trinajstić information content (AvgIpc) is 2.92. The summed E-state index contributed by atoms with van der Waals surface area (Å²) in [6.07, 6.45) is 1.58. The van der Waals surface area contributed by atoms with Crippen molar-refractivity contribution >= 4 is 44.5 Å². The molecule has 3 rings (SSSR count). The number of hydrogen-bond donors (Lipinski definition) is 2. The molecule has 1 atom stereocenters. The van der Waals surface area contributed by atoms with Crippen LogP contribution in [0, 0.1) is 0 Å². The summed E-state index contributed by atoms with van der Waals surface area (Å²) in [5.74, 6) is 0.425. The van der Waals surface area contributed by atoms with E-state index in [0.717, 1.165) is 20.6 Å². The molecule has 0 saturated heterocycles. The maximum Gasteiger partial charge on any atom is 0.168 e. The van der Waals surface area contributed by atoms with Crippen LogP contribution in [0.25, 0.3) is 21.1 Å². The molecule has 2 aromatic heterocycles. The van der Waals surface area contributed by atoms with E-state index in [1.165, 1.54) is 11.3 Å². The number of oxime groups is 1. The van der Waals surface area contributed by atoms with Gasteiger partial charge in [0.1, 0.15) is 10.5 Å². The summed E-state index contributed by atoms with van der Waals surface area (Å²) in [6, 6.07) is 7.84. The fourth-order valence-corrected chi connectivity index (χ4v) is 3.08. The number of rotatable bonds is 5. The van der Waals surface area contributed by atoms with Gasteiger partial charge in [-0.15, -0.1) is 11.3 Å². The van der Waals surface area contributed by atoms with Gasteiger partial charge < -0.3 is 15.7 Å². The first-order valence-corrected chi connectivity index (χ1v) is 7.72. The van der Waals surface area contributed by atoms with E-state index in [9.17, 15) is 0 Å². The molecule has 3 aromatic rings. The summed E-state index contributed by atoms with van der Waals surface area (Å²) >= 11 is 1.53. The highest BCUT2D eigenvalue weighted by molar-refractivity contribution is 7.19. The van der Waals surface area contributed by atoms with Gasteiger partial charge in [0.05, 0.1) is 16.3 Å². The Morgan fingerprint density at radius 2 is 2.23 bits per heavy atom. The molecule has 0 bridgehead atoms. The van der Waals surface area contributed by atoms with Crippen molar-refractivity contribution in [2.24, 2.45) is 5.16 Å². The van der Waals surface area contributed by atoms with Crippen molar-refractivity contribution in [3.8, 4) is 0 Å². The first kappa shape index (κ1) is 14.7. The molecule has 0 aliphatic rings. The molecule has 0 amide bonds. The maximum absolute atomic E-state index is 9.12. The number of thiazole rings is 1. The molecule has 0 aliphatic carbocycles. The number of aliphatic hydroxyl groups is 1. The Morgan fingerprint density at radius 3 is 3.05 bits per heavy atom. The Kier molecular flexibility index (Phi) is 4.17. The van der Waals surface area contributed by atoms with Crippen molar-refractivity contribution in [3.63, 3.8) is 0 Å². The zero-order valence-corrected chi connectivity index (χ0v) is 12.9. The van der Waals surface area contributed by atoms with Gasteiger partial charge in [-0.1, -0.05) is 23.4 Å². The van der Waals surface area contributed by atoms with E-state index in [1.807, 2.05) is 24.3 Å². The number of anilines is 1. The molecule has 1 aromatic carbocycles. The first-order valence-electron chi connectivity index (χ1n) is 6.90. The van der Waals surface area contributed by atoms with Gasteiger partial charge in [0, 0.05) is 18.0 Å². The Morgan fingerprint density at radius 1 is 1.41 bits per heavy atom. The zero-order chi connectivity index (χ0) is 15.5. The smallest absolute Gasteiger partial charge is 0.168 e. The normalized spacial score (nSPS) is 13.2. The van der Waals surface area contributed by atoms with Crippen molar-refractivity contribution in [1.82, 2.24) is 9.97 Å². The van der Waals surface area contributed by atoms with E-state index in [0.29, 0.717) is 17.8 Å².